The zero-order chi connectivity index (χ0) is 23.5. The first-order valence-electron chi connectivity index (χ1n) is 10.9. The molecule has 0 fully saturated rings. The SMILES string of the molecule is Cc1ccc(-c2n[n+](-c3ccccc3)c(-c3ccccc3)n2NC(=O)c2ccc(Cl)cc2)cc1. The van der Waals surface area contributed by atoms with Crippen LogP contribution in [-0.2, 0) is 0 Å². The molecule has 4 aromatic carbocycles. The maximum Gasteiger partial charge on any atom is 0.340 e. The Kier molecular flexibility index (Phi) is 5.93. The van der Waals surface area contributed by atoms with E-state index in [4.69, 9.17) is 16.7 Å². The third-order valence-corrected chi connectivity index (χ3v) is 5.73. The molecule has 1 heterocycles. The molecule has 0 saturated heterocycles. The van der Waals surface area contributed by atoms with Crippen molar-refractivity contribution in [1.29, 1.82) is 0 Å². The molecule has 0 saturated carbocycles. The molecule has 0 aliphatic carbocycles. The zero-order valence-electron chi connectivity index (χ0n) is 18.5. The monoisotopic (exact) mass is 465 g/mol. The normalized spacial score (nSPS) is 10.8. The first kappa shape index (κ1) is 21.6. The maximum absolute atomic E-state index is 13.3. The van der Waals surface area contributed by atoms with Gasteiger partial charge in [-0.2, -0.15) is 5.43 Å². The smallest absolute Gasteiger partial charge is 0.266 e. The number of rotatable bonds is 5. The Morgan fingerprint density at radius 3 is 2.06 bits per heavy atom. The van der Waals surface area contributed by atoms with Crippen molar-refractivity contribution in [3.05, 3.63) is 125 Å². The number of aryl methyl sites for hydroxylation is 1. The summed E-state index contributed by atoms with van der Waals surface area (Å²) in [6.07, 6.45) is 0. The van der Waals surface area contributed by atoms with Gasteiger partial charge in [0.1, 0.15) is 0 Å². The van der Waals surface area contributed by atoms with Gasteiger partial charge in [-0.25, -0.2) is 0 Å². The number of amides is 1. The second-order valence-electron chi connectivity index (χ2n) is 7.91. The first-order valence-corrected chi connectivity index (χ1v) is 11.3. The van der Waals surface area contributed by atoms with E-state index in [1.54, 1.807) is 28.9 Å². The maximum atomic E-state index is 13.3. The Morgan fingerprint density at radius 2 is 1.41 bits per heavy atom. The minimum Gasteiger partial charge on any atom is -0.266 e. The molecule has 0 spiro atoms. The summed E-state index contributed by atoms with van der Waals surface area (Å²) in [6, 6.07) is 34.7. The highest BCUT2D eigenvalue weighted by atomic mass is 35.5. The van der Waals surface area contributed by atoms with Gasteiger partial charge in [-0.1, -0.05) is 75.1 Å². The van der Waals surface area contributed by atoms with Gasteiger partial charge >= 0.3 is 5.82 Å². The number of hydrogen-bond donors (Lipinski definition) is 1. The van der Waals surface area contributed by atoms with Crippen molar-refractivity contribution >= 4 is 17.5 Å². The van der Waals surface area contributed by atoms with E-state index in [-0.39, 0.29) is 5.91 Å². The van der Waals surface area contributed by atoms with Crippen LogP contribution in [0.25, 0.3) is 28.5 Å². The lowest BCUT2D eigenvalue weighted by molar-refractivity contribution is -0.645. The minimum atomic E-state index is -0.264. The van der Waals surface area contributed by atoms with E-state index in [2.05, 4.69) is 5.43 Å². The fourth-order valence-electron chi connectivity index (χ4n) is 3.73. The molecule has 1 amide bonds. The van der Waals surface area contributed by atoms with Gasteiger partial charge in [-0.3, -0.25) is 4.79 Å². The van der Waals surface area contributed by atoms with E-state index in [9.17, 15) is 4.79 Å². The van der Waals surface area contributed by atoms with Crippen LogP contribution in [0.3, 0.4) is 0 Å². The Bertz CT molecular complexity index is 1430. The van der Waals surface area contributed by atoms with E-state index in [0.717, 1.165) is 28.2 Å². The van der Waals surface area contributed by atoms with Crippen molar-refractivity contribution < 1.29 is 9.48 Å². The molecule has 6 heteroatoms. The largest absolute Gasteiger partial charge is 0.340 e. The number of benzene rings is 4. The van der Waals surface area contributed by atoms with Crippen LogP contribution < -0.4 is 10.1 Å². The van der Waals surface area contributed by atoms with Crippen molar-refractivity contribution in [1.82, 2.24) is 9.77 Å². The molecule has 5 rings (SSSR count). The van der Waals surface area contributed by atoms with Crippen molar-refractivity contribution in [2.75, 3.05) is 5.43 Å². The highest BCUT2D eigenvalue weighted by Crippen LogP contribution is 2.24. The van der Waals surface area contributed by atoms with Gasteiger partial charge in [0.25, 0.3) is 11.7 Å². The van der Waals surface area contributed by atoms with E-state index >= 15 is 0 Å². The van der Waals surface area contributed by atoms with Gasteiger partial charge < -0.3 is 0 Å². The molecular formula is C28H22ClN4O+. The Morgan fingerprint density at radius 1 is 0.794 bits per heavy atom. The van der Waals surface area contributed by atoms with Crippen LogP contribution in [0.4, 0.5) is 0 Å². The Labute approximate surface area is 202 Å². The van der Waals surface area contributed by atoms with Crippen molar-refractivity contribution in [2.45, 2.75) is 6.92 Å². The number of nitrogens with one attached hydrogen (secondary N) is 1. The number of carbonyl (C=O) groups excluding carboxylic acids is 1. The molecule has 0 radical (unpaired) electrons. The van der Waals surface area contributed by atoms with E-state index in [1.165, 1.54) is 0 Å². The van der Waals surface area contributed by atoms with Crippen LogP contribution >= 0.6 is 11.6 Å². The summed E-state index contributed by atoms with van der Waals surface area (Å²) in [5.41, 5.74) is 7.39. The summed E-state index contributed by atoms with van der Waals surface area (Å²) in [7, 11) is 0. The van der Waals surface area contributed by atoms with Gasteiger partial charge in [0.05, 0.1) is 5.56 Å². The lowest BCUT2D eigenvalue weighted by atomic mass is 10.1. The third-order valence-electron chi connectivity index (χ3n) is 5.48. The fourth-order valence-corrected chi connectivity index (χ4v) is 3.86. The summed E-state index contributed by atoms with van der Waals surface area (Å²) in [6.45, 7) is 2.04. The van der Waals surface area contributed by atoms with Gasteiger partial charge in [0.2, 0.25) is 0 Å². The predicted octanol–water partition coefficient (Wildman–Crippen LogP) is 5.84. The molecule has 0 unspecified atom stereocenters. The zero-order valence-corrected chi connectivity index (χ0v) is 19.3. The summed E-state index contributed by atoms with van der Waals surface area (Å²) < 4.78 is 3.61. The van der Waals surface area contributed by atoms with Gasteiger partial charge in [-0.05, 0) is 72.7 Å². The molecule has 166 valence electrons. The molecule has 1 aromatic heterocycles. The van der Waals surface area contributed by atoms with Crippen LogP contribution in [0.5, 0.6) is 0 Å². The van der Waals surface area contributed by atoms with E-state index in [1.807, 2.05) is 96.5 Å². The van der Waals surface area contributed by atoms with Crippen molar-refractivity contribution in [2.24, 2.45) is 0 Å². The molecule has 0 bridgehead atoms. The summed E-state index contributed by atoms with van der Waals surface area (Å²) in [5, 5.41) is 5.54. The molecule has 1 N–H and O–H groups in total. The van der Waals surface area contributed by atoms with Gasteiger partial charge in [0, 0.05) is 16.1 Å². The molecule has 0 aliphatic rings. The molecule has 0 atom stereocenters. The Hall–Kier alpha value is -4.22. The Balaban J connectivity index is 1.74. The first-order chi connectivity index (χ1) is 16.6. The number of aromatic nitrogens is 3. The van der Waals surface area contributed by atoms with Gasteiger partial charge in [-0.15, -0.1) is 0 Å². The quantitative estimate of drug-likeness (QED) is 0.331. The lowest BCUT2D eigenvalue weighted by Crippen LogP contribution is -2.36. The summed E-state index contributed by atoms with van der Waals surface area (Å²) in [5.74, 6) is 1.08. The van der Waals surface area contributed by atoms with Crippen LogP contribution in [0, 0.1) is 6.92 Å². The van der Waals surface area contributed by atoms with Gasteiger partial charge in [0.15, 0.2) is 5.69 Å². The average molecular weight is 466 g/mol. The average Bonchev–Trinajstić information content (AvgIpc) is 3.25. The van der Waals surface area contributed by atoms with Crippen LogP contribution in [0.15, 0.2) is 109 Å². The van der Waals surface area contributed by atoms with Crippen LogP contribution in [0.2, 0.25) is 5.02 Å². The number of nitrogens with zero attached hydrogens (tertiary/aromatic N) is 3. The van der Waals surface area contributed by atoms with Crippen LogP contribution in [-0.4, -0.2) is 15.7 Å². The fraction of sp³-hybridized carbons (Fsp3) is 0.0357. The standard InChI is InChI=1S/C28H21ClN4O/c1-20-12-14-21(15-13-20)26-30-32(25-10-6-3-7-11-25)28(23-8-4-2-5-9-23)33(26)31-27(34)22-16-18-24(29)19-17-22/h2-19H,1H3/p+1. The minimum absolute atomic E-state index is 0.264. The van der Waals surface area contributed by atoms with E-state index in [0.29, 0.717) is 16.4 Å². The van der Waals surface area contributed by atoms with E-state index < -0.39 is 0 Å². The highest BCUT2D eigenvalue weighted by Gasteiger charge is 2.31. The number of halogens is 1. The lowest BCUT2D eigenvalue weighted by Gasteiger charge is -2.07. The molecule has 5 aromatic rings. The highest BCUT2D eigenvalue weighted by molar-refractivity contribution is 6.30. The van der Waals surface area contributed by atoms with Crippen molar-refractivity contribution in [3.8, 4) is 28.5 Å². The van der Waals surface area contributed by atoms with Crippen LogP contribution in [0.1, 0.15) is 15.9 Å². The molecule has 5 nitrogen and oxygen atoms in total. The summed E-state index contributed by atoms with van der Waals surface area (Å²) in [4.78, 5) is 13.3. The number of carbonyl (C=O) groups is 1. The molecule has 34 heavy (non-hydrogen) atoms. The van der Waals surface area contributed by atoms with Crippen molar-refractivity contribution in [3.63, 3.8) is 0 Å². The molecular weight excluding hydrogens is 444 g/mol. The number of hydrogen-bond acceptors (Lipinski definition) is 2. The number of para-hydroxylation sites is 1. The molecule has 0 aliphatic heterocycles. The third kappa shape index (κ3) is 4.34. The second kappa shape index (κ2) is 9.33. The predicted molar refractivity (Wildman–Crippen MR) is 135 cm³/mol. The summed E-state index contributed by atoms with van der Waals surface area (Å²) >= 11 is 6.02. The topological polar surface area (TPSA) is 50.8 Å². The second-order valence-corrected chi connectivity index (χ2v) is 8.35.